The number of hydrogen-bond donors (Lipinski definition) is 2. The Balaban J connectivity index is 3.04. The minimum atomic E-state index is -1.18. The first-order valence-electron chi connectivity index (χ1n) is 4.19. The molecule has 0 fully saturated rings. The van der Waals surface area contributed by atoms with Crippen LogP contribution in [0, 0.1) is 0 Å². The first-order valence-corrected chi connectivity index (χ1v) is 4.56. The number of aromatic carboxylic acids is 1. The number of carboxylic acids is 1. The molecule has 0 aliphatic heterocycles. The van der Waals surface area contributed by atoms with Gasteiger partial charge >= 0.3 is 5.97 Å². The molecule has 16 heavy (non-hydrogen) atoms. The zero-order chi connectivity index (χ0) is 12.1. The number of carboxylic acid groups (broad SMARTS) is 1. The zero-order valence-corrected chi connectivity index (χ0v) is 9.02. The number of hydrazone groups is 1. The van der Waals surface area contributed by atoms with E-state index in [9.17, 15) is 9.59 Å². The molecule has 1 heterocycles. The molecular weight excluding hydrogens is 234 g/mol. The Bertz CT molecular complexity index is 459. The lowest BCUT2D eigenvalue weighted by Crippen LogP contribution is -2.13. The highest BCUT2D eigenvalue weighted by Crippen LogP contribution is 2.17. The standard InChI is InChI=1S/C9H8ClN3O3/c1-5(14)13-12-3-6-2-11-4-7(10)8(6)9(15)16/h2-4H,1H3,(H,13,14)(H,15,16)/b12-3+. The summed E-state index contributed by atoms with van der Waals surface area (Å²) in [5, 5.41) is 12.4. The average molecular weight is 242 g/mol. The summed E-state index contributed by atoms with van der Waals surface area (Å²) in [7, 11) is 0. The van der Waals surface area contributed by atoms with Crippen molar-refractivity contribution in [3.63, 3.8) is 0 Å². The van der Waals surface area contributed by atoms with Crippen LogP contribution in [0.2, 0.25) is 5.02 Å². The second-order valence-electron chi connectivity index (χ2n) is 2.82. The molecule has 1 rings (SSSR count). The van der Waals surface area contributed by atoms with Crippen molar-refractivity contribution in [1.29, 1.82) is 0 Å². The third-order valence-corrected chi connectivity index (χ3v) is 1.86. The van der Waals surface area contributed by atoms with Gasteiger partial charge in [0.15, 0.2) is 0 Å². The van der Waals surface area contributed by atoms with Gasteiger partial charge in [0.25, 0.3) is 0 Å². The van der Waals surface area contributed by atoms with Crippen LogP contribution >= 0.6 is 11.6 Å². The monoisotopic (exact) mass is 241 g/mol. The predicted molar refractivity (Wildman–Crippen MR) is 57.6 cm³/mol. The topological polar surface area (TPSA) is 91.7 Å². The average Bonchev–Trinajstić information content (AvgIpc) is 2.16. The van der Waals surface area contributed by atoms with Crippen LogP contribution in [0.25, 0.3) is 0 Å². The van der Waals surface area contributed by atoms with Crippen molar-refractivity contribution in [2.24, 2.45) is 5.10 Å². The second-order valence-corrected chi connectivity index (χ2v) is 3.22. The third kappa shape index (κ3) is 3.03. The number of pyridine rings is 1. The third-order valence-electron chi connectivity index (χ3n) is 1.57. The van der Waals surface area contributed by atoms with Crippen molar-refractivity contribution >= 4 is 29.7 Å². The number of amides is 1. The summed E-state index contributed by atoms with van der Waals surface area (Å²) in [6.07, 6.45) is 3.69. The number of carbonyl (C=O) groups is 2. The van der Waals surface area contributed by atoms with E-state index in [-0.39, 0.29) is 22.1 Å². The number of carbonyl (C=O) groups excluding carboxylic acids is 1. The van der Waals surface area contributed by atoms with Crippen molar-refractivity contribution < 1.29 is 14.7 Å². The van der Waals surface area contributed by atoms with Gasteiger partial charge in [-0.1, -0.05) is 11.6 Å². The lowest BCUT2D eigenvalue weighted by Gasteiger charge is -2.01. The van der Waals surface area contributed by atoms with Crippen LogP contribution in [0.5, 0.6) is 0 Å². The van der Waals surface area contributed by atoms with E-state index >= 15 is 0 Å². The Morgan fingerprint density at radius 1 is 1.56 bits per heavy atom. The number of nitrogens with zero attached hydrogens (tertiary/aromatic N) is 2. The first kappa shape index (κ1) is 12.1. The normalized spacial score (nSPS) is 10.4. The Hall–Kier alpha value is -1.95. The van der Waals surface area contributed by atoms with E-state index in [0.29, 0.717) is 0 Å². The molecule has 1 aromatic heterocycles. The number of aromatic nitrogens is 1. The number of hydrogen-bond acceptors (Lipinski definition) is 4. The molecule has 6 nitrogen and oxygen atoms in total. The van der Waals surface area contributed by atoms with E-state index in [1.165, 1.54) is 25.5 Å². The number of halogens is 1. The van der Waals surface area contributed by atoms with E-state index < -0.39 is 5.97 Å². The highest BCUT2D eigenvalue weighted by atomic mass is 35.5. The van der Waals surface area contributed by atoms with Gasteiger partial charge in [-0.05, 0) is 0 Å². The summed E-state index contributed by atoms with van der Waals surface area (Å²) in [4.78, 5) is 25.1. The second kappa shape index (κ2) is 5.22. The molecule has 0 bridgehead atoms. The van der Waals surface area contributed by atoms with Gasteiger partial charge in [0.2, 0.25) is 5.91 Å². The fourth-order valence-electron chi connectivity index (χ4n) is 0.966. The fourth-order valence-corrected chi connectivity index (χ4v) is 1.21. The molecule has 0 spiro atoms. The van der Waals surface area contributed by atoms with Crippen molar-refractivity contribution in [2.75, 3.05) is 0 Å². The SMILES string of the molecule is CC(=O)N/N=C/c1cncc(Cl)c1C(=O)O. The molecule has 0 unspecified atom stereocenters. The zero-order valence-electron chi connectivity index (χ0n) is 8.27. The highest BCUT2D eigenvalue weighted by molar-refractivity contribution is 6.34. The Kier molecular flexibility index (Phi) is 3.96. The van der Waals surface area contributed by atoms with Gasteiger partial charge in [0, 0.05) is 24.9 Å². The van der Waals surface area contributed by atoms with Gasteiger partial charge in [-0.15, -0.1) is 0 Å². The van der Waals surface area contributed by atoms with Crippen molar-refractivity contribution in [3.05, 3.63) is 28.5 Å². The Morgan fingerprint density at radius 2 is 2.25 bits per heavy atom. The number of rotatable bonds is 3. The molecule has 2 N–H and O–H groups in total. The van der Waals surface area contributed by atoms with E-state index in [1.807, 2.05) is 0 Å². The van der Waals surface area contributed by atoms with Gasteiger partial charge < -0.3 is 5.11 Å². The lowest BCUT2D eigenvalue weighted by atomic mass is 10.1. The summed E-state index contributed by atoms with van der Waals surface area (Å²) in [6.45, 7) is 1.28. The van der Waals surface area contributed by atoms with Crippen LogP contribution in [0.1, 0.15) is 22.8 Å². The molecule has 84 valence electrons. The van der Waals surface area contributed by atoms with Crippen LogP contribution in [-0.4, -0.2) is 28.2 Å². The van der Waals surface area contributed by atoms with Crippen LogP contribution in [-0.2, 0) is 4.79 Å². The van der Waals surface area contributed by atoms with Crippen molar-refractivity contribution in [1.82, 2.24) is 10.4 Å². The molecule has 1 amide bonds. The van der Waals surface area contributed by atoms with Gasteiger partial charge in [-0.3, -0.25) is 9.78 Å². The molecule has 0 saturated carbocycles. The van der Waals surface area contributed by atoms with Crippen LogP contribution < -0.4 is 5.43 Å². The van der Waals surface area contributed by atoms with Crippen molar-refractivity contribution in [2.45, 2.75) is 6.92 Å². The largest absolute Gasteiger partial charge is 0.478 e. The molecular formula is C9H8ClN3O3. The first-order chi connectivity index (χ1) is 7.52. The highest BCUT2D eigenvalue weighted by Gasteiger charge is 2.13. The van der Waals surface area contributed by atoms with Crippen molar-refractivity contribution in [3.8, 4) is 0 Å². The van der Waals surface area contributed by atoms with Gasteiger partial charge in [-0.25, -0.2) is 10.2 Å². The number of nitrogens with one attached hydrogen (secondary N) is 1. The van der Waals surface area contributed by atoms with Crippen LogP contribution in [0.15, 0.2) is 17.5 Å². The molecule has 0 aliphatic rings. The molecule has 7 heteroatoms. The molecule has 0 saturated heterocycles. The molecule has 0 atom stereocenters. The summed E-state index contributed by atoms with van der Waals surface area (Å²) < 4.78 is 0. The molecule has 0 radical (unpaired) electrons. The van der Waals surface area contributed by atoms with E-state index in [2.05, 4.69) is 15.5 Å². The van der Waals surface area contributed by atoms with Crippen LogP contribution in [0.3, 0.4) is 0 Å². The summed E-state index contributed by atoms with van der Waals surface area (Å²) in [5.74, 6) is -1.54. The van der Waals surface area contributed by atoms with E-state index in [0.717, 1.165) is 0 Å². The molecule has 0 aliphatic carbocycles. The summed E-state index contributed by atoms with van der Waals surface area (Å²) in [6, 6.07) is 0. The predicted octanol–water partition coefficient (Wildman–Crippen LogP) is 0.903. The fraction of sp³-hybridized carbons (Fsp3) is 0.111. The maximum absolute atomic E-state index is 10.9. The van der Waals surface area contributed by atoms with Gasteiger partial charge in [0.1, 0.15) is 0 Å². The summed E-state index contributed by atoms with van der Waals surface area (Å²) >= 11 is 5.67. The lowest BCUT2D eigenvalue weighted by molar-refractivity contribution is -0.118. The maximum atomic E-state index is 10.9. The Morgan fingerprint density at radius 3 is 2.81 bits per heavy atom. The minimum absolute atomic E-state index is 0.0132. The minimum Gasteiger partial charge on any atom is -0.478 e. The Labute approximate surface area is 95.9 Å². The van der Waals surface area contributed by atoms with Crippen LogP contribution in [0.4, 0.5) is 0 Å². The molecule has 0 aromatic carbocycles. The van der Waals surface area contributed by atoms with Gasteiger partial charge in [-0.2, -0.15) is 5.10 Å². The van der Waals surface area contributed by atoms with E-state index in [1.54, 1.807) is 0 Å². The smallest absolute Gasteiger partial charge is 0.338 e. The maximum Gasteiger partial charge on any atom is 0.338 e. The van der Waals surface area contributed by atoms with E-state index in [4.69, 9.17) is 16.7 Å². The molecule has 1 aromatic rings. The van der Waals surface area contributed by atoms with Gasteiger partial charge in [0.05, 0.1) is 16.8 Å². The summed E-state index contributed by atoms with van der Waals surface area (Å²) in [5.41, 5.74) is 2.26. The quantitative estimate of drug-likeness (QED) is 0.608.